The fourth-order valence-electron chi connectivity index (χ4n) is 2.71. The van der Waals surface area contributed by atoms with Crippen LogP contribution in [0.1, 0.15) is 23.0 Å². The van der Waals surface area contributed by atoms with Crippen LogP contribution in [-0.4, -0.2) is 42.0 Å². The molecule has 1 fully saturated rings. The van der Waals surface area contributed by atoms with Crippen molar-refractivity contribution in [1.29, 1.82) is 0 Å². The minimum absolute atomic E-state index is 0.123. The Morgan fingerprint density at radius 1 is 1.32 bits per heavy atom. The van der Waals surface area contributed by atoms with Gasteiger partial charge in [0.25, 0.3) is 11.8 Å². The molecule has 6 heteroatoms. The molecule has 1 aliphatic heterocycles. The molecular formula is C16H18N2O4. The van der Waals surface area contributed by atoms with Gasteiger partial charge in [0.1, 0.15) is 5.58 Å². The highest BCUT2D eigenvalue weighted by atomic mass is 16.5. The fraction of sp³-hybridized carbons (Fsp3) is 0.375. The van der Waals surface area contributed by atoms with Crippen molar-refractivity contribution < 1.29 is 18.7 Å². The molecule has 2 heterocycles. The molecule has 1 unspecified atom stereocenters. The molecule has 2 N–H and O–H groups in total. The van der Waals surface area contributed by atoms with Gasteiger partial charge in [-0.3, -0.25) is 9.59 Å². The Morgan fingerprint density at radius 3 is 2.73 bits per heavy atom. The number of carbonyl (C=O) groups is 2. The minimum Gasteiger partial charge on any atom is -0.451 e. The number of ether oxygens (including phenoxy) is 1. The number of primary amides is 1. The molecule has 1 aromatic carbocycles. The predicted octanol–water partition coefficient (Wildman–Crippen LogP) is 1.46. The molecule has 2 aromatic rings. The van der Waals surface area contributed by atoms with E-state index in [0.717, 1.165) is 10.9 Å². The Kier molecular flexibility index (Phi) is 3.41. The van der Waals surface area contributed by atoms with E-state index in [1.807, 2.05) is 31.2 Å². The molecule has 0 aliphatic carbocycles. The molecule has 0 spiro atoms. The third-order valence-electron chi connectivity index (χ3n) is 4.12. The largest absolute Gasteiger partial charge is 0.451 e. The normalized spacial score (nSPS) is 22.0. The highest BCUT2D eigenvalue weighted by Gasteiger charge is 2.40. The van der Waals surface area contributed by atoms with Gasteiger partial charge in [0, 0.05) is 17.5 Å². The second-order valence-corrected chi connectivity index (χ2v) is 5.72. The lowest BCUT2D eigenvalue weighted by atomic mass is 10.0. The van der Waals surface area contributed by atoms with Crippen molar-refractivity contribution in [3.05, 3.63) is 35.6 Å². The quantitative estimate of drug-likeness (QED) is 0.910. The summed E-state index contributed by atoms with van der Waals surface area (Å²) in [7, 11) is 0. The van der Waals surface area contributed by atoms with Gasteiger partial charge in [-0.1, -0.05) is 18.2 Å². The Bertz CT molecular complexity index is 752. The molecule has 1 aromatic heterocycles. The summed E-state index contributed by atoms with van der Waals surface area (Å²) in [5, 5.41) is 0.914. The molecule has 116 valence electrons. The van der Waals surface area contributed by atoms with Gasteiger partial charge in [0.05, 0.1) is 13.2 Å². The zero-order chi connectivity index (χ0) is 15.9. The summed E-state index contributed by atoms with van der Waals surface area (Å²) in [6, 6.07) is 7.50. The number of benzene rings is 1. The van der Waals surface area contributed by atoms with E-state index in [2.05, 4.69) is 0 Å². The van der Waals surface area contributed by atoms with Crippen molar-refractivity contribution in [2.75, 3.05) is 19.7 Å². The summed E-state index contributed by atoms with van der Waals surface area (Å²) in [6.45, 7) is 4.24. The number of nitrogens with zero attached hydrogens (tertiary/aromatic N) is 1. The predicted molar refractivity (Wildman–Crippen MR) is 80.4 cm³/mol. The highest BCUT2D eigenvalue weighted by molar-refractivity contribution is 5.99. The number of nitrogens with two attached hydrogens (primary N) is 1. The lowest BCUT2D eigenvalue weighted by Gasteiger charge is -2.37. The maximum absolute atomic E-state index is 12.7. The Labute approximate surface area is 127 Å². The molecule has 3 rings (SSSR count). The van der Waals surface area contributed by atoms with Crippen LogP contribution in [0.5, 0.6) is 0 Å². The molecule has 1 saturated heterocycles. The maximum Gasteiger partial charge on any atom is 0.290 e. The first-order valence-electron chi connectivity index (χ1n) is 7.13. The number of fused-ring (bicyclic) bond motifs is 1. The number of furan rings is 1. The molecule has 0 bridgehead atoms. The highest BCUT2D eigenvalue weighted by Crippen LogP contribution is 2.27. The second-order valence-electron chi connectivity index (χ2n) is 5.72. The number of hydrogen-bond donors (Lipinski definition) is 1. The number of para-hydroxylation sites is 1. The average Bonchev–Trinajstić information content (AvgIpc) is 2.84. The number of carbonyl (C=O) groups excluding carboxylic acids is 2. The third kappa shape index (κ3) is 2.25. The van der Waals surface area contributed by atoms with Gasteiger partial charge in [0.15, 0.2) is 11.4 Å². The van der Waals surface area contributed by atoms with Crippen LogP contribution < -0.4 is 5.73 Å². The molecule has 1 atom stereocenters. The van der Waals surface area contributed by atoms with Crippen LogP contribution in [0.3, 0.4) is 0 Å². The molecule has 0 saturated carbocycles. The van der Waals surface area contributed by atoms with Crippen LogP contribution in [0.25, 0.3) is 11.0 Å². The molecule has 1 aliphatic rings. The molecule has 2 amide bonds. The van der Waals surface area contributed by atoms with Crippen molar-refractivity contribution in [3.8, 4) is 0 Å². The van der Waals surface area contributed by atoms with E-state index in [0.29, 0.717) is 17.9 Å². The standard InChI is InChI=1S/C16H18N2O4/c1-10-11-5-3-4-6-12(11)22-13(10)14(19)18-7-8-21-16(2,9-18)15(17)20/h3-6H,7-9H2,1-2H3,(H2,17,20). The van der Waals surface area contributed by atoms with Gasteiger partial charge in [0.2, 0.25) is 0 Å². The number of morpholine rings is 1. The minimum atomic E-state index is -1.16. The molecule has 22 heavy (non-hydrogen) atoms. The maximum atomic E-state index is 12.7. The van der Waals surface area contributed by atoms with Crippen LogP contribution >= 0.6 is 0 Å². The molecule has 0 radical (unpaired) electrons. The van der Waals surface area contributed by atoms with E-state index in [-0.39, 0.29) is 19.1 Å². The van der Waals surface area contributed by atoms with Crippen LogP contribution in [0.4, 0.5) is 0 Å². The average molecular weight is 302 g/mol. The zero-order valence-electron chi connectivity index (χ0n) is 12.6. The summed E-state index contributed by atoms with van der Waals surface area (Å²) >= 11 is 0. The van der Waals surface area contributed by atoms with Crippen molar-refractivity contribution in [2.45, 2.75) is 19.4 Å². The van der Waals surface area contributed by atoms with E-state index in [1.54, 1.807) is 11.8 Å². The van der Waals surface area contributed by atoms with Crippen LogP contribution in [0, 0.1) is 6.92 Å². The fourth-order valence-corrected chi connectivity index (χ4v) is 2.71. The SMILES string of the molecule is Cc1c(C(=O)N2CCOC(C)(C(N)=O)C2)oc2ccccc12. The number of rotatable bonds is 2. The lowest BCUT2D eigenvalue weighted by Crippen LogP contribution is -2.58. The van der Waals surface area contributed by atoms with Gasteiger partial charge >= 0.3 is 0 Å². The van der Waals surface area contributed by atoms with Gasteiger partial charge < -0.3 is 19.8 Å². The van der Waals surface area contributed by atoms with Gasteiger partial charge in [-0.05, 0) is 19.9 Å². The lowest BCUT2D eigenvalue weighted by molar-refractivity contribution is -0.150. The third-order valence-corrected chi connectivity index (χ3v) is 4.12. The Hall–Kier alpha value is -2.34. The van der Waals surface area contributed by atoms with Crippen LogP contribution in [-0.2, 0) is 9.53 Å². The Morgan fingerprint density at radius 2 is 2.05 bits per heavy atom. The summed E-state index contributed by atoms with van der Waals surface area (Å²) < 4.78 is 11.1. The van der Waals surface area contributed by atoms with E-state index < -0.39 is 11.5 Å². The van der Waals surface area contributed by atoms with Crippen LogP contribution in [0.15, 0.2) is 28.7 Å². The zero-order valence-corrected chi connectivity index (χ0v) is 12.6. The van der Waals surface area contributed by atoms with Crippen molar-refractivity contribution >= 4 is 22.8 Å². The summed E-state index contributed by atoms with van der Waals surface area (Å²) in [4.78, 5) is 25.8. The van der Waals surface area contributed by atoms with Crippen molar-refractivity contribution in [1.82, 2.24) is 4.90 Å². The molecule has 6 nitrogen and oxygen atoms in total. The number of amides is 2. The van der Waals surface area contributed by atoms with Gasteiger partial charge in [-0.15, -0.1) is 0 Å². The Balaban J connectivity index is 1.92. The monoisotopic (exact) mass is 302 g/mol. The first-order chi connectivity index (χ1) is 10.4. The molecular weight excluding hydrogens is 284 g/mol. The van der Waals surface area contributed by atoms with E-state index in [1.165, 1.54) is 0 Å². The summed E-state index contributed by atoms with van der Waals surface area (Å²) in [5.74, 6) is -0.522. The second kappa shape index (κ2) is 5.14. The van der Waals surface area contributed by atoms with Gasteiger partial charge in [-0.2, -0.15) is 0 Å². The number of aryl methyl sites for hydroxylation is 1. The van der Waals surface area contributed by atoms with Crippen molar-refractivity contribution in [2.24, 2.45) is 5.73 Å². The summed E-state index contributed by atoms with van der Waals surface area (Å²) in [5.41, 5.74) is 5.68. The van der Waals surface area contributed by atoms with Gasteiger partial charge in [-0.25, -0.2) is 0 Å². The van der Waals surface area contributed by atoms with E-state index in [4.69, 9.17) is 14.9 Å². The first-order valence-corrected chi connectivity index (χ1v) is 7.13. The van der Waals surface area contributed by atoms with Crippen molar-refractivity contribution in [3.63, 3.8) is 0 Å². The first kappa shape index (κ1) is 14.6. The van der Waals surface area contributed by atoms with Crippen LogP contribution in [0.2, 0.25) is 0 Å². The van der Waals surface area contributed by atoms with E-state index in [9.17, 15) is 9.59 Å². The smallest absolute Gasteiger partial charge is 0.290 e. The topological polar surface area (TPSA) is 85.8 Å². The van der Waals surface area contributed by atoms with E-state index >= 15 is 0 Å². The number of hydrogen-bond acceptors (Lipinski definition) is 4. The summed E-state index contributed by atoms with van der Waals surface area (Å²) in [6.07, 6.45) is 0.